The van der Waals surface area contributed by atoms with E-state index in [-0.39, 0.29) is 5.91 Å². The van der Waals surface area contributed by atoms with Crippen LogP contribution in [0.4, 0.5) is 0 Å². The molecule has 1 amide bonds. The fourth-order valence-electron chi connectivity index (χ4n) is 3.09. The summed E-state index contributed by atoms with van der Waals surface area (Å²) in [5.74, 6) is 1.43. The average molecular weight is 391 g/mol. The van der Waals surface area contributed by atoms with Gasteiger partial charge in [-0.25, -0.2) is 4.79 Å². The van der Waals surface area contributed by atoms with Crippen molar-refractivity contribution in [2.24, 2.45) is 5.92 Å². The van der Waals surface area contributed by atoms with E-state index in [1.54, 1.807) is 30.0 Å². The first-order chi connectivity index (χ1) is 13.4. The average Bonchev–Trinajstić information content (AvgIpc) is 2.71. The zero-order valence-corrected chi connectivity index (χ0v) is 17.2. The van der Waals surface area contributed by atoms with Gasteiger partial charge < -0.3 is 23.8 Å². The number of benzene rings is 1. The molecule has 1 heterocycles. The summed E-state index contributed by atoms with van der Waals surface area (Å²) in [6.07, 6.45) is 3.96. The maximum Gasteiger partial charge on any atom is 0.331 e. The molecule has 1 atom stereocenters. The molecule has 0 bridgehead atoms. The van der Waals surface area contributed by atoms with Gasteiger partial charge in [0.15, 0.2) is 17.6 Å². The van der Waals surface area contributed by atoms with Crippen molar-refractivity contribution in [3.8, 4) is 17.2 Å². The summed E-state index contributed by atoms with van der Waals surface area (Å²) in [5.41, 5.74) is 0.626. The van der Waals surface area contributed by atoms with Crippen molar-refractivity contribution in [2.75, 3.05) is 34.4 Å². The number of esters is 1. The second-order valence-corrected chi connectivity index (χ2v) is 6.87. The minimum Gasteiger partial charge on any atom is -0.496 e. The molecule has 1 unspecified atom stereocenters. The fraction of sp³-hybridized carbons (Fsp3) is 0.524. The molecule has 0 aromatic heterocycles. The van der Waals surface area contributed by atoms with Crippen molar-refractivity contribution >= 4 is 18.0 Å². The second kappa shape index (κ2) is 10.0. The molecular formula is C21H29NO6. The van der Waals surface area contributed by atoms with Crippen LogP contribution in [0.25, 0.3) is 6.08 Å². The Balaban J connectivity index is 2.02. The van der Waals surface area contributed by atoms with E-state index >= 15 is 0 Å². The van der Waals surface area contributed by atoms with Crippen LogP contribution in [-0.2, 0) is 14.3 Å². The molecule has 1 saturated heterocycles. The SMILES string of the molecule is COc1cc(OC)c(OC)cc1/C=C/C(=O)OC(C)C(=O)N1CCC(C)CC1. The minimum atomic E-state index is -0.821. The zero-order chi connectivity index (χ0) is 20.7. The molecule has 1 aliphatic rings. The first-order valence-electron chi connectivity index (χ1n) is 9.37. The number of piperidine rings is 1. The molecule has 0 spiro atoms. The summed E-state index contributed by atoms with van der Waals surface area (Å²) in [5, 5.41) is 0. The van der Waals surface area contributed by atoms with Crippen molar-refractivity contribution < 1.29 is 28.5 Å². The van der Waals surface area contributed by atoms with Gasteiger partial charge in [0, 0.05) is 30.8 Å². The Hall–Kier alpha value is -2.70. The lowest BCUT2D eigenvalue weighted by atomic mass is 9.99. The summed E-state index contributed by atoms with van der Waals surface area (Å²) in [4.78, 5) is 26.4. The highest BCUT2D eigenvalue weighted by Gasteiger charge is 2.26. The summed E-state index contributed by atoms with van der Waals surface area (Å²) < 4.78 is 21.1. The normalized spacial score (nSPS) is 16.0. The van der Waals surface area contributed by atoms with Crippen LogP contribution in [0.2, 0.25) is 0 Å². The van der Waals surface area contributed by atoms with Gasteiger partial charge in [-0.2, -0.15) is 0 Å². The van der Waals surface area contributed by atoms with E-state index in [9.17, 15) is 9.59 Å². The molecule has 1 fully saturated rings. The number of hydrogen-bond donors (Lipinski definition) is 0. The summed E-state index contributed by atoms with van der Waals surface area (Å²) in [6.45, 7) is 5.20. The topological polar surface area (TPSA) is 74.3 Å². The van der Waals surface area contributed by atoms with Crippen LogP contribution in [0, 0.1) is 5.92 Å². The van der Waals surface area contributed by atoms with E-state index in [0.29, 0.717) is 41.8 Å². The largest absolute Gasteiger partial charge is 0.496 e. The Morgan fingerprint density at radius 2 is 1.61 bits per heavy atom. The highest BCUT2D eigenvalue weighted by Crippen LogP contribution is 2.35. The van der Waals surface area contributed by atoms with Crippen molar-refractivity contribution in [1.29, 1.82) is 0 Å². The third kappa shape index (κ3) is 5.41. The Morgan fingerprint density at radius 1 is 1.04 bits per heavy atom. The standard InChI is InChI=1S/C21H29NO6/c1-14-8-10-22(11-9-14)21(24)15(2)28-20(23)7-6-16-12-18(26-4)19(27-5)13-17(16)25-3/h6-7,12-15H,8-11H2,1-5H3/b7-6+. The van der Waals surface area contributed by atoms with Crippen molar-refractivity contribution in [3.05, 3.63) is 23.8 Å². The van der Waals surface area contributed by atoms with Crippen LogP contribution >= 0.6 is 0 Å². The van der Waals surface area contributed by atoms with Crippen molar-refractivity contribution in [2.45, 2.75) is 32.8 Å². The van der Waals surface area contributed by atoms with Gasteiger partial charge >= 0.3 is 5.97 Å². The molecule has 1 aromatic rings. The monoisotopic (exact) mass is 391 g/mol. The Bertz CT molecular complexity index is 722. The fourth-order valence-corrected chi connectivity index (χ4v) is 3.09. The van der Waals surface area contributed by atoms with E-state index in [0.717, 1.165) is 12.8 Å². The quantitative estimate of drug-likeness (QED) is 0.526. The van der Waals surface area contributed by atoms with E-state index in [1.165, 1.54) is 27.4 Å². The molecule has 0 radical (unpaired) electrons. The Kier molecular flexibility index (Phi) is 7.72. The minimum absolute atomic E-state index is 0.155. The Morgan fingerprint density at radius 3 is 2.18 bits per heavy atom. The third-order valence-electron chi connectivity index (χ3n) is 4.87. The molecule has 7 heteroatoms. The molecule has 2 rings (SSSR count). The molecule has 28 heavy (non-hydrogen) atoms. The summed E-state index contributed by atoms with van der Waals surface area (Å²) in [7, 11) is 4.59. The van der Waals surface area contributed by atoms with Gasteiger partial charge in [0.05, 0.1) is 21.3 Å². The predicted molar refractivity (Wildman–Crippen MR) is 106 cm³/mol. The first kappa shape index (κ1) is 21.6. The number of rotatable bonds is 7. The van der Waals surface area contributed by atoms with E-state index < -0.39 is 12.1 Å². The Labute approximate surface area is 166 Å². The van der Waals surface area contributed by atoms with Gasteiger partial charge in [-0.3, -0.25) is 4.79 Å². The van der Waals surface area contributed by atoms with Gasteiger partial charge in [0.1, 0.15) is 5.75 Å². The smallest absolute Gasteiger partial charge is 0.331 e. The van der Waals surface area contributed by atoms with Crippen molar-refractivity contribution in [3.63, 3.8) is 0 Å². The number of carbonyl (C=O) groups excluding carboxylic acids is 2. The third-order valence-corrected chi connectivity index (χ3v) is 4.87. The molecule has 0 aliphatic carbocycles. The van der Waals surface area contributed by atoms with Gasteiger partial charge in [-0.05, 0) is 37.8 Å². The van der Waals surface area contributed by atoms with Crippen LogP contribution in [0.3, 0.4) is 0 Å². The van der Waals surface area contributed by atoms with E-state index in [4.69, 9.17) is 18.9 Å². The van der Waals surface area contributed by atoms with Crippen LogP contribution in [-0.4, -0.2) is 57.3 Å². The summed E-state index contributed by atoms with van der Waals surface area (Å²) in [6, 6.07) is 3.37. The maximum absolute atomic E-state index is 12.4. The van der Waals surface area contributed by atoms with E-state index in [1.807, 2.05) is 0 Å². The summed E-state index contributed by atoms with van der Waals surface area (Å²) >= 11 is 0. The maximum atomic E-state index is 12.4. The molecule has 1 aromatic carbocycles. The molecule has 1 aliphatic heterocycles. The van der Waals surface area contributed by atoms with Gasteiger partial charge in [-0.15, -0.1) is 0 Å². The highest BCUT2D eigenvalue weighted by atomic mass is 16.5. The van der Waals surface area contributed by atoms with Crippen LogP contribution < -0.4 is 14.2 Å². The number of amides is 1. The lowest BCUT2D eigenvalue weighted by Crippen LogP contribution is -2.43. The number of ether oxygens (including phenoxy) is 4. The molecule has 7 nitrogen and oxygen atoms in total. The molecule has 154 valence electrons. The van der Waals surface area contributed by atoms with Crippen LogP contribution in [0.5, 0.6) is 17.2 Å². The molecular weight excluding hydrogens is 362 g/mol. The van der Waals surface area contributed by atoms with Gasteiger partial charge in [0.25, 0.3) is 5.91 Å². The van der Waals surface area contributed by atoms with E-state index in [2.05, 4.69) is 6.92 Å². The van der Waals surface area contributed by atoms with Gasteiger partial charge in [0.2, 0.25) is 0 Å². The highest BCUT2D eigenvalue weighted by molar-refractivity contribution is 5.91. The second-order valence-electron chi connectivity index (χ2n) is 6.87. The van der Waals surface area contributed by atoms with Crippen molar-refractivity contribution in [1.82, 2.24) is 4.90 Å². The molecule has 0 N–H and O–H groups in total. The number of carbonyl (C=O) groups is 2. The van der Waals surface area contributed by atoms with Crippen LogP contribution in [0.15, 0.2) is 18.2 Å². The predicted octanol–water partition coefficient (Wildman–Crippen LogP) is 2.92. The van der Waals surface area contributed by atoms with Crippen LogP contribution in [0.1, 0.15) is 32.3 Å². The zero-order valence-electron chi connectivity index (χ0n) is 17.2. The number of hydrogen-bond acceptors (Lipinski definition) is 6. The first-order valence-corrected chi connectivity index (χ1v) is 9.37. The number of likely N-dealkylation sites (tertiary alicyclic amines) is 1. The number of methoxy groups -OCH3 is 3. The lowest BCUT2D eigenvalue weighted by molar-refractivity contribution is -0.156. The number of nitrogens with zero attached hydrogens (tertiary/aromatic N) is 1. The molecule has 0 saturated carbocycles. The lowest BCUT2D eigenvalue weighted by Gasteiger charge is -2.31. The van der Waals surface area contributed by atoms with Gasteiger partial charge in [-0.1, -0.05) is 6.92 Å².